The minimum atomic E-state index is 0.501. The summed E-state index contributed by atoms with van der Waals surface area (Å²) in [7, 11) is 0. The monoisotopic (exact) mass is 278 g/mol. The van der Waals surface area contributed by atoms with E-state index in [0.29, 0.717) is 12.2 Å². The Morgan fingerprint density at radius 2 is 1.30 bits per heavy atom. The van der Waals surface area contributed by atoms with Crippen LogP contribution in [0, 0.1) is 0 Å². The summed E-state index contributed by atoms with van der Waals surface area (Å²) in [5, 5.41) is 0. The van der Waals surface area contributed by atoms with Gasteiger partial charge in [0.1, 0.15) is 0 Å². The van der Waals surface area contributed by atoms with Gasteiger partial charge in [-0.2, -0.15) is 0 Å². The number of rotatable bonds is 13. The highest BCUT2D eigenvalue weighted by molar-refractivity contribution is 4.97. The van der Waals surface area contributed by atoms with Gasteiger partial charge in [0.2, 0.25) is 0 Å². The summed E-state index contributed by atoms with van der Waals surface area (Å²) in [6.07, 6.45) is 24.6. The van der Waals surface area contributed by atoms with E-state index in [2.05, 4.69) is 38.2 Å². The van der Waals surface area contributed by atoms with E-state index in [1.54, 1.807) is 0 Å². The molecule has 1 heterocycles. The van der Waals surface area contributed by atoms with Gasteiger partial charge in [0.25, 0.3) is 0 Å². The molecule has 2 atom stereocenters. The second-order valence-corrected chi connectivity index (χ2v) is 5.95. The Balaban J connectivity index is 1.83. The molecule has 0 saturated carbocycles. The maximum atomic E-state index is 5.64. The standard InChI is InChI=1S/C19H34O/c1-3-5-7-8-9-10-11-12-13-15-17-19-18(20-19)16-14-6-4-2/h6,13-15,18-19H,3-5,7-12,16-17H2,1-2H3/b14-6-,15-13-/t18-,19-/m0/s1. The van der Waals surface area contributed by atoms with Crippen LogP contribution in [-0.2, 0) is 4.74 Å². The fourth-order valence-corrected chi connectivity index (χ4v) is 2.56. The highest BCUT2D eigenvalue weighted by atomic mass is 16.6. The molecule has 1 saturated heterocycles. The third kappa shape index (κ3) is 9.36. The van der Waals surface area contributed by atoms with Crippen LogP contribution in [0.3, 0.4) is 0 Å². The third-order valence-corrected chi connectivity index (χ3v) is 3.97. The summed E-state index contributed by atoms with van der Waals surface area (Å²) < 4.78 is 5.64. The highest BCUT2D eigenvalue weighted by Crippen LogP contribution is 2.29. The lowest BCUT2D eigenvalue weighted by atomic mass is 10.1. The van der Waals surface area contributed by atoms with Gasteiger partial charge in [-0.05, 0) is 32.1 Å². The molecule has 0 amide bonds. The summed E-state index contributed by atoms with van der Waals surface area (Å²) >= 11 is 0. The molecule has 1 rings (SSSR count). The number of hydrogen-bond donors (Lipinski definition) is 0. The van der Waals surface area contributed by atoms with Crippen molar-refractivity contribution in [2.24, 2.45) is 0 Å². The first kappa shape index (κ1) is 17.5. The number of epoxide rings is 1. The summed E-state index contributed by atoms with van der Waals surface area (Å²) in [6, 6.07) is 0. The van der Waals surface area contributed by atoms with Gasteiger partial charge in [-0.1, -0.05) is 76.7 Å². The topological polar surface area (TPSA) is 12.5 Å². The fourth-order valence-electron chi connectivity index (χ4n) is 2.56. The molecule has 1 aliphatic heterocycles. The van der Waals surface area contributed by atoms with Crippen LogP contribution < -0.4 is 0 Å². The van der Waals surface area contributed by atoms with Crippen molar-refractivity contribution in [3.8, 4) is 0 Å². The number of allylic oxidation sites excluding steroid dienone is 2. The van der Waals surface area contributed by atoms with Gasteiger partial charge in [-0.3, -0.25) is 0 Å². The molecule has 1 heteroatoms. The van der Waals surface area contributed by atoms with E-state index < -0.39 is 0 Å². The molecule has 0 aromatic carbocycles. The molecule has 0 aromatic heterocycles. The number of unbranched alkanes of at least 4 members (excludes halogenated alkanes) is 7. The lowest BCUT2D eigenvalue weighted by molar-refractivity contribution is 0.372. The van der Waals surface area contributed by atoms with E-state index in [1.165, 1.54) is 51.4 Å². The maximum Gasteiger partial charge on any atom is 0.0879 e. The van der Waals surface area contributed by atoms with Crippen LogP contribution in [-0.4, -0.2) is 12.2 Å². The zero-order chi connectivity index (χ0) is 14.5. The molecule has 0 radical (unpaired) electrons. The minimum absolute atomic E-state index is 0.501. The molecule has 116 valence electrons. The normalized spacial score (nSPS) is 22.1. The first-order chi connectivity index (χ1) is 9.88. The molecule has 0 bridgehead atoms. The largest absolute Gasteiger partial charge is 0.369 e. The Kier molecular flexibility index (Phi) is 10.7. The number of hydrogen-bond acceptors (Lipinski definition) is 1. The first-order valence-electron chi connectivity index (χ1n) is 8.84. The van der Waals surface area contributed by atoms with Crippen molar-refractivity contribution in [1.82, 2.24) is 0 Å². The van der Waals surface area contributed by atoms with Crippen LogP contribution in [0.2, 0.25) is 0 Å². The van der Waals surface area contributed by atoms with Gasteiger partial charge in [0.15, 0.2) is 0 Å². The molecular weight excluding hydrogens is 244 g/mol. The van der Waals surface area contributed by atoms with Crippen LogP contribution in [0.1, 0.15) is 84.5 Å². The zero-order valence-corrected chi connectivity index (χ0v) is 13.7. The second-order valence-electron chi connectivity index (χ2n) is 5.95. The van der Waals surface area contributed by atoms with Crippen LogP contribution in [0.25, 0.3) is 0 Å². The predicted molar refractivity (Wildman–Crippen MR) is 89.1 cm³/mol. The van der Waals surface area contributed by atoms with Gasteiger partial charge in [-0.15, -0.1) is 0 Å². The van der Waals surface area contributed by atoms with Gasteiger partial charge in [0.05, 0.1) is 12.2 Å². The van der Waals surface area contributed by atoms with E-state index in [0.717, 1.165) is 19.3 Å². The fraction of sp³-hybridized carbons (Fsp3) is 0.789. The van der Waals surface area contributed by atoms with Crippen molar-refractivity contribution in [3.05, 3.63) is 24.3 Å². The lowest BCUT2D eigenvalue weighted by Crippen LogP contribution is -1.90. The molecule has 0 aromatic rings. The van der Waals surface area contributed by atoms with E-state index in [9.17, 15) is 0 Å². The van der Waals surface area contributed by atoms with E-state index in [4.69, 9.17) is 4.74 Å². The van der Waals surface area contributed by atoms with E-state index >= 15 is 0 Å². The summed E-state index contributed by atoms with van der Waals surface area (Å²) in [5.74, 6) is 0. The molecule has 20 heavy (non-hydrogen) atoms. The van der Waals surface area contributed by atoms with E-state index in [1.807, 2.05) is 0 Å². The average molecular weight is 278 g/mol. The van der Waals surface area contributed by atoms with Crippen LogP contribution in [0.15, 0.2) is 24.3 Å². The van der Waals surface area contributed by atoms with Crippen molar-refractivity contribution in [2.45, 2.75) is 96.7 Å². The van der Waals surface area contributed by atoms with Crippen molar-refractivity contribution in [3.63, 3.8) is 0 Å². The van der Waals surface area contributed by atoms with E-state index in [-0.39, 0.29) is 0 Å². The molecular formula is C19H34O. The van der Waals surface area contributed by atoms with Gasteiger partial charge >= 0.3 is 0 Å². The molecule has 1 nitrogen and oxygen atoms in total. The quantitative estimate of drug-likeness (QED) is 0.222. The molecule has 1 fully saturated rings. The van der Waals surface area contributed by atoms with Crippen molar-refractivity contribution in [2.75, 3.05) is 0 Å². The average Bonchev–Trinajstić information content (AvgIpc) is 3.20. The summed E-state index contributed by atoms with van der Waals surface area (Å²) in [6.45, 7) is 4.45. The van der Waals surface area contributed by atoms with Crippen molar-refractivity contribution < 1.29 is 4.74 Å². The van der Waals surface area contributed by atoms with Gasteiger partial charge < -0.3 is 4.74 Å². The SMILES string of the molecule is CC/C=C\C[C@@H]1O[C@H]1C/C=C\CCCCCCCCC. The van der Waals surface area contributed by atoms with Crippen LogP contribution in [0.5, 0.6) is 0 Å². The van der Waals surface area contributed by atoms with Crippen molar-refractivity contribution in [1.29, 1.82) is 0 Å². The Morgan fingerprint density at radius 3 is 1.95 bits per heavy atom. The Bertz CT molecular complexity index is 267. The Hall–Kier alpha value is -0.560. The smallest absolute Gasteiger partial charge is 0.0879 e. The Labute approximate surface area is 126 Å². The first-order valence-corrected chi connectivity index (χ1v) is 8.84. The van der Waals surface area contributed by atoms with Crippen molar-refractivity contribution >= 4 is 0 Å². The van der Waals surface area contributed by atoms with Gasteiger partial charge in [0, 0.05) is 0 Å². The maximum absolute atomic E-state index is 5.64. The Morgan fingerprint density at radius 1 is 0.700 bits per heavy atom. The summed E-state index contributed by atoms with van der Waals surface area (Å²) in [5.41, 5.74) is 0. The minimum Gasteiger partial charge on any atom is -0.369 e. The predicted octanol–water partition coefficient (Wildman–Crippen LogP) is 6.20. The highest BCUT2D eigenvalue weighted by Gasteiger charge is 2.35. The summed E-state index contributed by atoms with van der Waals surface area (Å²) in [4.78, 5) is 0. The van der Waals surface area contributed by atoms with Gasteiger partial charge in [-0.25, -0.2) is 0 Å². The third-order valence-electron chi connectivity index (χ3n) is 3.97. The van der Waals surface area contributed by atoms with Crippen LogP contribution in [0.4, 0.5) is 0 Å². The molecule has 1 aliphatic rings. The lowest BCUT2D eigenvalue weighted by Gasteiger charge is -1.98. The molecule has 0 spiro atoms. The second kappa shape index (κ2) is 12.2. The molecule has 0 N–H and O–H groups in total. The number of ether oxygens (including phenoxy) is 1. The molecule has 0 unspecified atom stereocenters. The zero-order valence-electron chi connectivity index (χ0n) is 13.7. The van der Waals surface area contributed by atoms with Crippen LogP contribution >= 0.6 is 0 Å². The molecule has 0 aliphatic carbocycles.